The van der Waals surface area contributed by atoms with Gasteiger partial charge in [0.05, 0.1) is 13.2 Å². The van der Waals surface area contributed by atoms with E-state index in [1.807, 2.05) is 6.07 Å². The van der Waals surface area contributed by atoms with Gasteiger partial charge < -0.3 is 14.4 Å². The monoisotopic (exact) mass is 319 g/mol. The molecule has 0 radical (unpaired) electrons. The molecule has 6 heteroatoms. The lowest BCUT2D eigenvalue weighted by atomic mass is 9.79. The third-order valence-corrected chi connectivity index (χ3v) is 4.16. The average molecular weight is 319 g/mol. The van der Waals surface area contributed by atoms with E-state index < -0.39 is 23.4 Å². The summed E-state index contributed by atoms with van der Waals surface area (Å²) in [6, 6.07) is 9.04. The van der Waals surface area contributed by atoms with Gasteiger partial charge in [-0.3, -0.25) is 4.79 Å². The Hall–Kier alpha value is -2.37. The highest BCUT2D eigenvalue weighted by atomic mass is 16.6. The lowest BCUT2D eigenvalue weighted by Gasteiger charge is -2.35. The number of hydrogen-bond donors (Lipinski definition) is 0. The molecule has 2 rings (SSSR count). The molecule has 0 aromatic heterocycles. The Morgan fingerprint density at radius 2 is 1.65 bits per heavy atom. The molecule has 6 nitrogen and oxygen atoms in total. The summed E-state index contributed by atoms with van der Waals surface area (Å²) in [4.78, 5) is 38.9. The van der Waals surface area contributed by atoms with E-state index >= 15 is 0 Å². The zero-order chi connectivity index (χ0) is 17.0. The Bertz CT molecular complexity index is 580. The molecule has 23 heavy (non-hydrogen) atoms. The molecule has 0 N–H and O–H groups in total. The minimum absolute atomic E-state index is 0.0537. The van der Waals surface area contributed by atoms with Crippen LogP contribution in [0.15, 0.2) is 30.3 Å². The highest BCUT2D eigenvalue weighted by Gasteiger charge is 2.64. The number of likely N-dealkylation sites (N-methyl/N-ethyl adjacent to an activating group) is 1. The van der Waals surface area contributed by atoms with E-state index in [4.69, 9.17) is 9.47 Å². The lowest BCUT2D eigenvalue weighted by molar-refractivity contribution is -0.175. The molecule has 1 amide bonds. The van der Waals surface area contributed by atoms with Crippen molar-refractivity contribution in [2.75, 3.05) is 20.3 Å². The van der Waals surface area contributed by atoms with Crippen molar-refractivity contribution < 1.29 is 23.9 Å². The van der Waals surface area contributed by atoms with E-state index in [0.717, 1.165) is 5.56 Å². The van der Waals surface area contributed by atoms with Gasteiger partial charge in [-0.05, 0) is 19.4 Å². The van der Waals surface area contributed by atoms with Crippen LogP contribution in [0.1, 0.15) is 31.7 Å². The maximum atomic E-state index is 12.7. The van der Waals surface area contributed by atoms with Gasteiger partial charge in [-0.1, -0.05) is 30.3 Å². The summed E-state index contributed by atoms with van der Waals surface area (Å²) in [6.45, 7) is 3.54. The Morgan fingerprint density at radius 1 is 1.13 bits per heavy atom. The zero-order valence-corrected chi connectivity index (χ0v) is 13.6. The van der Waals surface area contributed by atoms with Crippen LogP contribution in [0.2, 0.25) is 0 Å². The van der Waals surface area contributed by atoms with Crippen molar-refractivity contribution in [3.63, 3.8) is 0 Å². The minimum Gasteiger partial charge on any atom is -0.464 e. The normalized spacial score (nSPS) is 19.5. The Balaban J connectivity index is 2.60. The van der Waals surface area contributed by atoms with Gasteiger partial charge in [-0.25, -0.2) is 9.59 Å². The molecule has 0 bridgehead atoms. The first-order chi connectivity index (χ1) is 11.0. The van der Waals surface area contributed by atoms with Crippen molar-refractivity contribution in [3.8, 4) is 0 Å². The fourth-order valence-electron chi connectivity index (χ4n) is 3.06. The Labute approximate surface area is 135 Å². The number of likely N-dealkylation sites (tertiary alicyclic amines) is 1. The topological polar surface area (TPSA) is 72.9 Å². The van der Waals surface area contributed by atoms with Crippen LogP contribution in [0.4, 0.5) is 0 Å². The molecule has 1 aromatic rings. The second-order valence-corrected chi connectivity index (χ2v) is 5.33. The van der Waals surface area contributed by atoms with E-state index in [2.05, 4.69) is 0 Å². The van der Waals surface area contributed by atoms with Crippen LogP contribution in [-0.4, -0.2) is 48.5 Å². The molecule has 1 atom stereocenters. The number of ether oxygens (including phenoxy) is 2. The van der Waals surface area contributed by atoms with Crippen LogP contribution in [0.3, 0.4) is 0 Å². The van der Waals surface area contributed by atoms with Gasteiger partial charge in [0.25, 0.3) is 0 Å². The summed E-state index contributed by atoms with van der Waals surface area (Å²) in [7, 11) is 1.44. The van der Waals surface area contributed by atoms with Crippen LogP contribution in [0, 0.1) is 0 Å². The maximum Gasteiger partial charge on any atom is 0.344 e. The average Bonchev–Trinajstić information content (AvgIpc) is 2.81. The number of nitrogens with zero attached hydrogens (tertiary/aromatic N) is 1. The first-order valence-corrected chi connectivity index (χ1v) is 7.66. The van der Waals surface area contributed by atoms with E-state index in [1.165, 1.54) is 11.9 Å². The summed E-state index contributed by atoms with van der Waals surface area (Å²) < 4.78 is 10.3. The van der Waals surface area contributed by atoms with E-state index in [0.29, 0.717) is 0 Å². The molecule has 1 saturated heterocycles. The minimum atomic E-state index is -1.77. The van der Waals surface area contributed by atoms with Crippen LogP contribution >= 0.6 is 0 Å². The van der Waals surface area contributed by atoms with Crippen molar-refractivity contribution in [2.24, 2.45) is 0 Å². The smallest absolute Gasteiger partial charge is 0.344 e. The lowest BCUT2D eigenvalue weighted by Crippen LogP contribution is -2.60. The summed E-state index contributed by atoms with van der Waals surface area (Å²) in [5, 5.41) is 0. The summed E-state index contributed by atoms with van der Waals surface area (Å²) in [6.07, 6.45) is 0.0537. The molecule has 1 aromatic carbocycles. The Kier molecular flexibility index (Phi) is 5.03. The van der Waals surface area contributed by atoms with Gasteiger partial charge in [0.1, 0.15) is 0 Å². The molecule has 0 aliphatic carbocycles. The number of benzene rings is 1. The molecule has 0 saturated carbocycles. The number of amides is 1. The molecule has 1 aliphatic heterocycles. The summed E-state index contributed by atoms with van der Waals surface area (Å²) in [5.41, 5.74) is -1.05. The molecule has 1 fully saturated rings. The summed E-state index contributed by atoms with van der Waals surface area (Å²) >= 11 is 0. The van der Waals surface area contributed by atoms with Gasteiger partial charge in [0.15, 0.2) is 0 Å². The van der Waals surface area contributed by atoms with Crippen LogP contribution in [0.5, 0.6) is 0 Å². The molecule has 0 spiro atoms. The van der Waals surface area contributed by atoms with Crippen molar-refractivity contribution in [3.05, 3.63) is 35.9 Å². The third-order valence-electron chi connectivity index (χ3n) is 4.16. The highest BCUT2D eigenvalue weighted by Crippen LogP contribution is 2.44. The largest absolute Gasteiger partial charge is 0.464 e. The van der Waals surface area contributed by atoms with Gasteiger partial charge in [-0.15, -0.1) is 0 Å². The van der Waals surface area contributed by atoms with E-state index in [9.17, 15) is 14.4 Å². The second kappa shape index (κ2) is 6.81. The van der Waals surface area contributed by atoms with Gasteiger partial charge in [0.2, 0.25) is 11.4 Å². The van der Waals surface area contributed by atoms with Crippen LogP contribution in [-0.2, 0) is 23.9 Å². The SMILES string of the molecule is CCOC(=O)C1(C(=O)OCC)C(c2ccccc2)CC(=O)N1C. The quantitative estimate of drug-likeness (QED) is 0.607. The van der Waals surface area contributed by atoms with Crippen molar-refractivity contribution in [2.45, 2.75) is 31.7 Å². The van der Waals surface area contributed by atoms with Gasteiger partial charge in [-0.2, -0.15) is 0 Å². The number of carbonyl (C=O) groups is 3. The molecule has 1 unspecified atom stereocenters. The summed E-state index contributed by atoms with van der Waals surface area (Å²) in [5.74, 6) is -2.43. The molecular weight excluding hydrogens is 298 g/mol. The van der Waals surface area contributed by atoms with Gasteiger partial charge in [0, 0.05) is 19.4 Å². The zero-order valence-electron chi connectivity index (χ0n) is 13.6. The number of hydrogen-bond acceptors (Lipinski definition) is 5. The third kappa shape index (κ3) is 2.69. The standard InChI is InChI=1S/C17H21NO5/c1-4-22-15(20)17(16(21)23-5-2)13(11-14(19)18(17)3)12-9-7-6-8-10-12/h6-10,13H,4-5,11H2,1-3H3. The predicted molar refractivity (Wildman–Crippen MR) is 82.6 cm³/mol. The molecule has 1 aliphatic rings. The van der Waals surface area contributed by atoms with Crippen molar-refractivity contribution >= 4 is 17.8 Å². The highest BCUT2D eigenvalue weighted by molar-refractivity contribution is 6.11. The first-order valence-electron chi connectivity index (χ1n) is 7.66. The number of esters is 2. The maximum absolute atomic E-state index is 12.7. The second-order valence-electron chi connectivity index (χ2n) is 5.33. The fraction of sp³-hybridized carbons (Fsp3) is 0.471. The van der Waals surface area contributed by atoms with Gasteiger partial charge >= 0.3 is 11.9 Å². The fourth-order valence-corrected chi connectivity index (χ4v) is 3.06. The number of rotatable bonds is 5. The Morgan fingerprint density at radius 3 is 2.13 bits per heavy atom. The van der Waals surface area contributed by atoms with Crippen molar-refractivity contribution in [1.82, 2.24) is 4.90 Å². The molecular formula is C17H21NO5. The molecule has 1 heterocycles. The van der Waals surface area contributed by atoms with E-state index in [-0.39, 0.29) is 25.5 Å². The van der Waals surface area contributed by atoms with Crippen molar-refractivity contribution in [1.29, 1.82) is 0 Å². The van der Waals surface area contributed by atoms with Crippen LogP contribution in [0.25, 0.3) is 0 Å². The van der Waals surface area contributed by atoms with E-state index in [1.54, 1.807) is 38.1 Å². The van der Waals surface area contributed by atoms with Crippen LogP contribution < -0.4 is 0 Å². The molecule has 124 valence electrons. The first kappa shape index (κ1) is 17.0. The number of carbonyl (C=O) groups excluding carboxylic acids is 3. The predicted octanol–water partition coefficient (Wildman–Crippen LogP) is 1.50.